The summed E-state index contributed by atoms with van der Waals surface area (Å²) in [7, 11) is 14.3. The third kappa shape index (κ3) is 8.01. The van der Waals surface area contributed by atoms with E-state index in [1.807, 2.05) is 12.1 Å². The highest BCUT2D eigenvalue weighted by Gasteiger charge is 2.45. The average Bonchev–Trinajstić information content (AvgIpc) is 3.50. The molecular weight excluding hydrogens is 612 g/mol. The number of nitrogens with zero attached hydrogens (tertiary/aromatic N) is 1. The number of Topliss-reactive ketones (excluding diaryl/α,β-unsaturated/α-hetero) is 1. The number of sulfonamides is 1. The van der Waals surface area contributed by atoms with Crippen LogP contribution < -0.4 is 9.46 Å². The molecular formula is C35H44B3FN2O5S. The molecule has 1 heterocycles. The summed E-state index contributed by atoms with van der Waals surface area (Å²) in [4.78, 5) is 28.3. The first-order valence-electron chi connectivity index (χ1n) is 16.5. The lowest BCUT2D eigenvalue weighted by atomic mass is 9.48. The molecule has 246 valence electrons. The van der Waals surface area contributed by atoms with Crippen molar-refractivity contribution in [2.24, 2.45) is 11.3 Å². The molecule has 6 radical (unpaired) electrons. The van der Waals surface area contributed by atoms with Crippen molar-refractivity contribution in [3.63, 3.8) is 0 Å². The van der Waals surface area contributed by atoms with Crippen molar-refractivity contribution in [1.82, 2.24) is 9.62 Å². The van der Waals surface area contributed by atoms with Crippen molar-refractivity contribution < 1.29 is 27.1 Å². The maximum Gasteiger partial charge on any atom is 0.243 e. The van der Waals surface area contributed by atoms with Crippen molar-refractivity contribution in [2.45, 2.75) is 108 Å². The lowest BCUT2D eigenvalue weighted by Gasteiger charge is -2.38. The second kappa shape index (κ2) is 13.0. The van der Waals surface area contributed by atoms with Crippen LogP contribution in [0.2, 0.25) is 0 Å². The number of hydrogen-bond donors (Lipinski definition) is 1. The highest BCUT2D eigenvalue weighted by molar-refractivity contribution is 7.89. The molecule has 0 bridgehead atoms. The van der Waals surface area contributed by atoms with Crippen LogP contribution in [0.25, 0.3) is 11.1 Å². The lowest BCUT2D eigenvalue weighted by molar-refractivity contribution is -0.125. The third-order valence-corrected chi connectivity index (χ3v) is 10.8. The molecule has 3 atom stereocenters. The van der Waals surface area contributed by atoms with Gasteiger partial charge in [-0.25, -0.2) is 12.8 Å². The van der Waals surface area contributed by atoms with Crippen molar-refractivity contribution in [3.8, 4) is 16.9 Å². The molecule has 2 aromatic carbocycles. The highest BCUT2D eigenvalue weighted by Crippen LogP contribution is 2.46. The van der Waals surface area contributed by atoms with E-state index < -0.39 is 32.6 Å². The Kier molecular flexibility index (Phi) is 9.90. The van der Waals surface area contributed by atoms with Gasteiger partial charge < -0.3 is 9.64 Å². The quantitative estimate of drug-likeness (QED) is 0.349. The molecule has 12 heteroatoms. The van der Waals surface area contributed by atoms with Crippen LogP contribution in [0.15, 0.2) is 36.4 Å². The minimum atomic E-state index is -3.77. The zero-order chi connectivity index (χ0) is 34.5. The standard InChI is InChI=1S/C35H44B3FN2O5S/c1-33(2)19-28(41(20-33)35(36,37)38)29(42)17-21-12-14-24(16-21)46-30-15-13-23(34(3,4)32(43)40-47(5,44)45)18-26(30)25-10-7-11-27(39)31(25)22-8-6-9-22/h7,10-11,13,15,18,21-22,24,28H,6,8-9,12,14,16-17,19-20H2,1-5H3,(H,40,43)/t21-,24-,28+/m1/s1. The van der Waals surface area contributed by atoms with Crippen LogP contribution in [0.5, 0.6) is 5.75 Å². The Hall–Kier alpha value is -2.59. The number of nitrogens with one attached hydrogen (secondary N) is 1. The summed E-state index contributed by atoms with van der Waals surface area (Å²) in [5.41, 5.74) is 1.21. The van der Waals surface area contributed by atoms with Crippen molar-refractivity contribution >= 4 is 45.3 Å². The van der Waals surface area contributed by atoms with Crippen LogP contribution in [-0.2, 0) is 25.0 Å². The Bertz CT molecular complexity index is 1640. The Morgan fingerprint density at radius 1 is 1.06 bits per heavy atom. The molecule has 0 unspecified atom stereocenters. The number of amides is 1. The molecule has 7 nitrogen and oxygen atoms in total. The number of halogens is 1. The van der Waals surface area contributed by atoms with Gasteiger partial charge in [0.25, 0.3) is 0 Å². The molecule has 1 saturated heterocycles. The molecule has 2 saturated carbocycles. The summed E-state index contributed by atoms with van der Waals surface area (Å²) in [6.07, 6.45) is 6.81. The maximum absolute atomic E-state index is 15.4. The lowest BCUT2D eigenvalue weighted by Crippen LogP contribution is -2.55. The van der Waals surface area contributed by atoms with Crippen molar-refractivity contribution in [3.05, 3.63) is 53.3 Å². The largest absolute Gasteiger partial charge is 0.490 e. The predicted octanol–water partition coefficient (Wildman–Crippen LogP) is 4.84. The molecule has 47 heavy (non-hydrogen) atoms. The smallest absolute Gasteiger partial charge is 0.243 e. The van der Waals surface area contributed by atoms with Crippen LogP contribution >= 0.6 is 0 Å². The zero-order valence-electron chi connectivity index (χ0n) is 28.1. The van der Waals surface area contributed by atoms with Gasteiger partial charge in [-0.2, -0.15) is 0 Å². The van der Waals surface area contributed by atoms with Gasteiger partial charge in [0, 0.05) is 18.5 Å². The molecule has 2 aliphatic carbocycles. The van der Waals surface area contributed by atoms with E-state index in [0.717, 1.165) is 38.4 Å². The number of hydrogen-bond acceptors (Lipinski definition) is 6. The van der Waals surface area contributed by atoms with Gasteiger partial charge >= 0.3 is 0 Å². The van der Waals surface area contributed by atoms with Crippen molar-refractivity contribution in [1.29, 1.82) is 0 Å². The Morgan fingerprint density at radius 3 is 2.38 bits per heavy atom. The van der Waals surface area contributed by atoms with Gasteiger partial charge in [-0.1, -0.05) is 43.7 Å². The van der Waals surface area contributed by atoms with E-state index in [1.165, 1.54) is 6.07 Å². The first-order valence-corrected chi connectivity index (χ1v) is 18.4. The highest BCUT2D eigenvalue weighted by atomic mass is 32.2. The molecule has 0 spiro atoms. The summed E-state index contributed by atoms with van der Waals surface area (Å²) in [5.74, 6) is -0.114. The predicted molar refractivity (Wildman–Crippen MR) is 185 cm³/mol. The van der Waals surface area contributed by atoms with Crippen LogP contribution in [0.3, 0.4) is 0 Å². The van der Waals surface area contributed by atoms with Crippen LogP contribution in [0, 0.1) is 17.2 Å². The number of ketones is 1. The number of benzene rings is 2. The van der Waals surface area contributed by atoms with E-state index in [-0.39, 0.29) is 35.0 Å². The van der Waals surface area contributed by atoms with E-state index in [9.17, 15) is 18.0 Å². The van der Waals surface area contributed by atoms with E-state index >= 15 is 4.39 Å². The monoisotopic (exact) mass is 656 g/mol. The Labute approximate surface area is 283 Å². The molecule has 2 aromatic rings. The first-order chi connectivity index (χ1) is 21.7. The number of ether oxygens (including phenoxy) is 1. The molecule has 3 aliphatic rings. The summed E-state index contributed by atoms with van der Waals surface area (Å²) in [6.45, 7) is 8.00. The summed E-state index contributed by atoms with van der Waals surface area (Å²) >= 11 is 0. The van der Waals surface area contributed by atoms with Gasteiger partial charge in [0.2, 0.25) is 15.9 Å². The van der Waals surface area contributed by atoms with Crippen LogP contribution in [0.1, 0.15) is 96.1 Å². The minimum Gasteiger partial charge on any atom is -0.490 e. The maximum atomic E-state index is 15.4. The first kappa shape index (κ1) is 35.7. The van der Waals surface area contributed by atoms with E-state index in [4.69, 9.17) is 28.3 Å². The van der Waals surface area contributed by atoms with Gasteiger partial charge in [0.05, 0.1) is 47.4 Å². The zero-order valence-corrected chi connectivity index (χ0v) is 29.0. The van der Waals surface area contributed by atoms with Gasteiger partial charge in [0.15, 0.2) is 0 Å². The van der Waals surface area contributed by atoms with Crippen LogP contribution in [-0.4, -0.2) is 78.7 Å². The number of carbonyl (C=O) groups is 2. The summed E-state index contributed by atoms with van der Waals surface area (Å²) in [5, 5.41) is -1.58. The van der Waals surface area contributed by atoms with E-state index in [1.54, 1.807) is 36.9 Å². The molecule has 1 aliphatic heterocycles. The van der Waals surface area contributed by atoms with E-state index in [0.29, 0.717) is 53.8 Å². The fraction of sp³-hybridized carbons (Fsp3) is 0.600. The second-order valence-corrected chi connectivity index (χ2v) is 17.1. The van der Waals surface area contributed by atoms with Gasteiger partial charge in [-0.15, -0.1) is 0 Å². The molecule has 1 N–H and O–H groups in total. The number of rotatable bonds is 11. The fourth-order valence-corrected chi connectivity index (χ4v) is 8.02. The Balaban J connectivity index is 1.40. The number of likely N-dealkylation sites (tertiary alicyclic amines) is 1. The van der Waals surface area contributed by atoms with Gasteiger partial charge in [-0.3, -0.25) is 14.3 Å². The average molecular weight is 656 g/mol. The van der Waals surface area contributed by atoms with Crippen LogP contribution in [0.4, 0.5) is 4.39 Å². The Morgan fingerprint density at radius 2 is 1.77 bits per heavy atom. The minimum absolute atomic E-state index is 0.0801. The summed E-state index contributed by atoms with van der Waals surface area (Å²) in [6, 6.07) is 9.95. The molecule has 3 fully saturated rings. The normalized spacial score (nSPS) is 23.7. The third-order valence-electron chi connectivity index (χ3n) is 10.3. The fourth-order valence-electron chi connectivity index (χ4n) is 7.43. The molecule has 1 amide bonds. The SMILES string of the molecule is [B]C([B])([B])N1CC(C)(C)C[C@H]1C(=O)C[C@@H]1CC[C@@H](Oc2ccc(C(C)(C)C(=O)NS(C)(=O)=O)cc2-c2cccc(F)c2C2CCC2)C1. The van der Waals surface area contributed by atoms with Gasteiger partial charge in [-0.05, 0) is 105 Å². The second-order valence-electron chi connectivity index (χ2n) is 15.4. The summed E-state index contributed by atoms with van der Waals surface area (Å²) < 4.78 is 47.9. The number of carbonyl (C=O) groups excluding carboxylic acids is 2. The topological polar surface area (TPSA) is 92.8 Å². The van der Waals surface area contributed by atoms with E-state index in [2.05, 4.69) is 18.6 Å². The molecule has 0 aromatic heterocycles. The van der Waals surface area contributed by atoms with Gasteiger partial charge in [0.1, 0.15) is 17.3 Å². The molecule has 5 rings (SSSR count). The van der Waals surface area contributed by atoms with Crippen molar-refractivity contribution in [2.75, 3.05) is 12.8 Å².